The molecule has 0 bridgehead atoms. The third-order valence-corrected chi connectivity index (χ3v) is 5.32. The molecular formula is C22H20ClNO4S. The molecule has 5 nitrogen and oxygen atoms in total. The summed E-state index contributed by atoms with van der Waals surface area (Å²) in [6.07, 6.45) is 4.04. The number of hydrogen-bond acceptors (Lipinski definition) is 5. The molecule has 0 atom stereocenters. The van der Waals surface area contributed by atoms with Gasteiger partial charge in [0.25, 0.3) is 11.1 Å². The Balaban J connectivity index is 1.99. The second kappa shape index (κ2) is 9.20. The summed E-state index contributed by atoms with van der Waals surface area (Å²) in [5.41, 5.74) is 2.11. The molecule has 1 fully saturated rings. The zero-order valence-electron chi connectivity index (χ0n) is 16.1. The number of allylic oxidation sites excluding steroid dienone is 1. The third kappa shape index (κ3) is 4.49. The van der Waals surface area contributed by atoms with Crippen LogP contribution in [-0.4, -0.2) is 24.9 Å². The first-order chi connectivity index (χ1) is 14.0. The van der Waals surface area contributed by atoms with Crippen LogP contribution >= 0.6 is 23.4 Å². The Morgan fingerprint density at radius 3 is 2.55 bits per heavy atom. The molecule has 0 radical (unpaired) electrons. The van der Waals surface area contributed by atoms with E-state index in [0.717, 1.165) is 27.8 Å². The highest BCUT2D eigenvalue weighted by atomic mass is 35.5. The lowest BCUT2D eigenvalue weighted by molar-refractivity contribution is -0.113. The smallest absolute Gasteiger partial charge is 0.298 e. The van der Waals surface area contributed by atoms with Crippen molar-refractivity contribution >= 4 is 46.3 Å². The highest BCUT2D eigenvalue weighted by Gasteiger charge is 2.36. The van der Waals surface area contributed by atoms with Crippen molar-refractivity contribution in [2.45, 2.75) is 13.3 Å². The van der Waals surface area contributed by atoms with E-state index in [0.29, 0.717) is 40.1 Å². The number of thioether (sulfide) groups is 1. The van der Waals surface area contributed by atoms with Gasteiger partial charge < -0.3 is 9.47 Å². The van der Waals surface area contributed by atoms with Gasteiger partial charge >= 0.3 is 0 Å². The van der Waals surface area contributed by atoms with Gasteiger partial charge in [-0.05, 0) is 73.1 Å². The summed E-state index contributed by atoms with van der Waals surface area (Å²) in [6, 6.07) is 10.3. The largest absolute Gasteiger partial charge is 0.493 e. The molecule has 0 saturated carbocycles. The number of anilines is 1. The first-order valence-electron chi connectivity index (χ1n) is 8.96. The van der Waals surface area contributed by atoms with E-state index in [1.54, 1.807) is 49.6 Å². The fourth-order valence-corrected chi connectivity index (χ4v) is 3.97. The van der Waals surface area contributed by atoms with Gasteiger partial charge in [-0.2, -0.15) is 0 Å². The summed E-state index contributed by atoms with van der Waals surface area (Å²) in [6.45, 7) is 6.14. The maximum atomic E-state index is 12.9. The number of halogens is 1. The number of benzene rings is 2. The molecule has 0 aliphatic carbocycles. The minimum absolute atomic E-state index is 0.335. The van der Waals surface area contributed by atoms with E-state index in [2.05, 4.69) is 6.58 Å². The van der Waals surface area contributed by atoms with Gasteiger partial charge in [-0.3, -0.25) is 9.59 Å². The molecule has 29 heavy (non-hydrogen) atoms. The highest BCUT2D eigenvalue weighted by Crippen LogP contribution is 2.38. The van der Waals surface area contributed by atoms with Crippen LogP contribution in [0.3, 0.4) is 0 Å². The van der Waals surface area contributed by atoms with Crippen LogP contribution in [0, 0.1) is 0 Å². The van der Waals surface area contributed by atoms with Crippen molar-refractivity contribution < 1.29 is 19.1 Å². The monoisotopic (exact) mass is 429 g/mol. The van der Waals surface area contributed by atoms with Gasteiger partial charge in [0.15, 0.2) is 11.5 Å². The molecule has 7 heteroatoms. The second-order valence-electron chi connectivity index (χ2n) is 6.13. The van der Waals surface area contributed by atoms with Crippen LogP contribution in [0.5, 0.6) is 11.5 Å². The summed E-state index contributed by atoms with van der Waals surface area (Å²) >= 11 is 6.80. The minimum atomic E-state index is -0.374. The summed E-state index contributed by atoms with van der Waals surface area (Å²) < 4.78 is 11.2. The molecule has 0 unspecified atom stereocenters. The van der Waals surface area contributed by atoms with Gasteiger partial charge in [-0.15, -0.1) is 6.58 Å². The van der Waals surface area contributed by atoms with Crippen LogP contribution < -0.4 is 14.4 Å². The number of imide groups is 1. The summed E-state index contributed by atoms with van der Waals surface area (Å²) in [7, 11) is 1.58. The summed E-state index contributed by atoms with van der Waals surface area (Å²) in [4.78, 5) is 26.8. The van der Waals surface area contributed by atoms with Gasteiger partial charge in [0.2, 0.25) is 0 Å². The molecule has 0 N–H and O–H groups in total. The Hall–Kier alpha value is -2.70. The first-order valence-corrected chi connectivity index (χ1v) is 10.2. The third-order valence-electron chi connectivity index (χ3n) is 4.20. The van der Waals surface area contributed by atoms with Gasteiger partial charge in [0.05, 0.1) is 24.3 Å². The fourth-order valence-electron chi connectivity index (χ4n) is 3.00. The lowest BCUT2D eigenvalue weighted by Crippen LogP contribution is -2.27. The molecule has 1 aliphatic rings. The highest BCUT2D eigenvalue weighted by molar-refractivity contribution is 8.19. The Morgan fingerprint density at radius 2 is 1.93 bits per heavy atom. The summed E-state index contributed by atoms with van der Waals surface area (Å²) in [5.74, 6) is 0.845. The molecule has 0 aromatic heterocycles. The number of ether oxygens (including phenoxy) is 2. The van der Waals surface area contributed by atoms with Crippen molar-refractivity contribution in [2.24, 2.45) is 0 Å². The first kappa shape index (κ1) is 21.0. The van der Waals surface area contributed by atoms with Crippen molar-refractivity contribution in [1.29, 1.82) is 0 Å². The average molecular weight is 430 g/mol. The quantitative estimate of drug-likeness (QED) is 0.416. The Kier molecular flexibility index (Phi) is 6.67. The van der Waals surface area contributed by atoms with Crippen LogP contribution in [0.25, 0.3) is 6.08 Å². The maximum Gasteiger partial charge on any atom is 0.298 e. The van der Waals surface area contributed by atoms with E-state index >= 15 is 0 Å². The van der Waals surface area contributed by atoms with E-state index in [1.165, 1.54) is 0 Å². The standard InChI is InChI=1S/C22H20ClNO4S/c1-4-6-15-11-14(12-18(28-5-2)20(15)27-3)13-19-21(25)24(22(26)29-19)17-9-7-16(23)8-10-17/h4,7-13H,1,5-6H2,2-3H3/b19-13-. The zero-order chi connectivity index (χ0) is 21.0. The van der Waals surface area contributed by atoms with Gasteiger partial charge in [0, 0.05) is 10.6 Å². The van der Waals surface area contributed by atoms with Crippen molar-refractivity contribution in [3.8, 4) is 11.5 Å². The van der Waals surface area contributed by atoms with Crippen molar-refractivity contribution in [3.05, 3.63) is 70.1 Å². The second-order valence-corrected chi connectivity index (χ2v) is 7.56. The maximum absolute atomic E-state index is 12.9. The SMILES string of the molecule is C=CCc1cc(/C=C2\SC(=O)N(c3ccc(Cl)cc3)C2=O)cc(OCC)c1OC. The molecule has 1 aliphatic heterocycles. The lowest BCUT2D eigenvalue weighted by atomic mass is 10.0. The number of carbonyl (C=O) groups excluding carboxylic acids is 2. The molecule has 1 saturated heterocycles. The van der Waals surface area contributed by atoms with Crippen molar-refractivity contribution in [3.63, 3.8) is 0 Å². The predicted molar refractivity (Wildman–Crippen MR) is 118 cm³/mol. The normalized spacial score (nSPS) is 15.1. The zero-order valence-corrected chi connectivity index (χ0v) is 17.7. The number of amides is 2. The van der Waals surface area contributed by atoms with Crippen LogP contribution in [-0.2, 0) is 11.2 Å². The van der Waals surface area contributed by atoms with E-state index in [9.17, 15) is 9.59 Å². The molecule has 150 valence electrons. The molecule has 2 aromatic carbocycles. The molecular weight excluding hydrogens is 410 g/mol. The van der Waals surface area contributed by atoms with Crippen molar-refractivity contribution in [1.82, 2.24) is 0 Å². The number of nitrogens with zero attached hydrogens (tertiary/aromatic N) is 1. The Bertz CT molecular complexity index is 985. The molecule has 0 spiro atoms. The van der Waals surface area contributed by atoms with Crippen molar-refractivity contribution in [2.75, 3.05) is 18.6 Å². The Morgan fingerprint density at radius 1 is 1.21 bits per heavy atom. The fraction of sp³-hybridized carbons (Fsp3) is 0.182. The Labute approximate surface area is 178 Å². The van der Waals surface area contributed by atoms with Crippen LogP contribution in [0.1, 0.15) is 18.1 Å². The number of hydrogen-bond donors (Lipinski definition) is 0. The average Bonchev–Trinajstić information content (AvgIpc) is 2.96. The molecule has 2 aromatic rings. The van der Waals surface area contributed by atoms with Crippen LogP contribution in [0.2, 0.25) is 5.02 Å². The van der Waals surface area contributed by atoms with E-state index in [4.69, 9.17) is 21.1 Å². The van der Waals surface area contributed by atoms with E-state index < -0.39 is 0 Å². The van der Waals surface area contributed by atoms with E-state index in [1.807, 2.05) is 13.0 Å². The van der Waals surface area contributed by atoms with Gasteiger partial charge in [-0.1, -0.05) is 17.7 Å². The lowest BCUT2D eigenvalue weighted by Gasteiger charge is -2.14. The van der Waals surface area contributed by atoms with Crippen LogP contribution in [0.4, 0.5) is 10.5 Å². The topological polar surface area (TPSA) is 55.8 Å². The number of methoxy groups -OCH3 is 1. The molecule has 3 rings (SSSR count). The number of rotatable bonds is 7. The van der Waals surface area contributed by atoms with Gasteiger partial charge in [0.1, 0.15) is 0 Å². The minimum Gasteiger partial charge on any atom is -0.493 e. The predicted octanol–water partition coefficient (Wildman–Crippen LogP) is 5.72. The van der Waals surface area contributed by atoms with E-state index in [-0.39, 0.29) is 11.1 Å². The van der Waals surface area contributed by atoms with Crippen LogP contribution in [0.15, 0.2) is 54.0 Å². The summed E-state index contributed by atoms with van der Waals surface area (Å²) in [5, 5.41) is 0.182. The molecule has 2 amide bonds. The number of carbonyl (C=O) groups is 2. The molecule has 1 heterocycles. The van der Waals surface area contributed by atoms with Gasteiger partial charge in [-0.25, -0.2) is 4.90 Å².